The van der Waals surface area contributed by atoms with E-state index in [1.807, 2.05) is 0 Å². The van der Waals surface area contributed by atoms with Gasteiger partial charge in [-0.05, 0) is 6.42 Å². The quantitative estimate of drug-likeness (QED) is 0.413. The Morgan fingerprint density at radius 2 is 2.06 bits per heavy atom. The molecule has 0 radical (unpaired) electrons. The second-order valence-corrected chi connectivity index (χ2v) is 4.11. The molecule has 18 heavy (non-hydrogen) atoms. The van der Waals surface area contributed by atoms with Gasteiger partial charge in [-0.3, -0.25) is 0 Å². The minimum atomic E-state index is -1.96. The van der Waals surface area contributed by atoms with Crippen LogP contribution < -0.4 is 0 Å². The van der Waals surface area contributed by atoms with Crippen LogP contribution in [0.1, 0.15) is 32.6 Å². The van der Waals surface area contributed by atoms with E-state index in [0.717, 1.165) is 12.9 Å². The van der Waals surface area contributed by atoms with Gasteiger partial charge in [0.1, 0.15) is 0 Å². The van der Waals surface area contributed by atoms with Crippen LogP contribution in [0.4, 0.5) is 0 Å². The van der Waals surface area contributed by atoms with Gasteiger partial charge in [-0.2, -0.15) is 5.26 Å². The molecular weight excluding hydrogens is 233 g/mol. The van der Waals surface area contributed by atoms with Crippen molar-refractivity contribution in [1.82, 2.24) is 9.80 Å². The Morgan fingerprint density at radius 3 is 2.44 bits per heavy atom. The summed E-state index contributed by atoms with van der Waals surface area (Å²) in [4.78, 5) is 4.58. The second kappa shape index (κ2) is 10.7. The van der Waals surface area contributed by atoms with E-state index in [4.69, 9.17) is 15.3 Å². The molecule has 0 bridgehead atoms. The molecule has 0 aliphatic carbocycles. The van der Waals surface area contributed by atoms with Crippen LogP contribution in [-0.2, 0) is 4.65 Å². The highest BCUT2D eigenvalue weighted by atomic mass is 16.6. The lowest BCUT2D eigenvalue weighted by Gasteiger charge is -2.17. The standard InChI is InChI=1S/C10H20N2.CH2BNO3/c1-3-4-5-6-7-12-9-8-11(2)10-12;3-1-6-2(4)5/h8-9H,3-7,10H2,1-2H3;4-5H. The fraction of sp³-hybridized carbons (Fsp3) is 0.727. The summed E-state index contributed by atoms with van der Waals surface area (Å²) in [5.74, 6) is 0. The van der Waals surface area contributed by atoms with Gasteiger partial charge < -0.3 is 24.5 Å². The molecule has 1 aliphatic rings. The van der Waals surface area contributed by atoms with Crippen LogP contribution in [0, 0.1) is 11.5 Å². The van der Waals surface area contributed by atoms with Crippen molar-refractivity contribution >= 4 is 7.32 Å². The van der Waals surface area contributed by atoms with Gasteiger partial charge in [0, 0.05) is 26.0 Å². The zero-order valence-electron chi connectivity index (χ0n) is 11.1. The molecule has 0 aromatic heterocycles. The van der Waals surface area contributed by atoms with Gasteiger partial charge in [0.25, 0.3) is 6.26 Å². The largest absolute Gasteiger partial charge is 0.717 e. The molecule has 102 valence electrons. The summed E-state index contributed by atoms with van der Waals surface area (Å²) < 4.78 is 3.46. The lowest BCUT2D eigenvalue weighted by molar-refractivity contribution is 0.267. The Bertz CT molecular complexity index is 269. The molecule has 0 fully saturated rings. The molecule has 1 heterocycles. The summed E-state index contributed by atoms with van der Waals surface area (Å²) in [7, 11) is 0.151. The third kappa shape index (κ3) is 9.81. The van der Waals surface area contributed by atoms with Crippen molar-refractivity contribution in [3.63, 3.8) is 0 Å². The molecular formula is C11H22BN3O3. The Hall–Kier alpha value is -1.39. The SMILES string of the molecule is CCCCCCN1C=CN(C)C1.N#COB(O)O. The lowest BCUT2D eigenvalue weighted by atomic mass is 10.2. The van der Waals surface area contributed by atoms with Gasteiger partial charge in [-0.25, -0.2) is 0 Å². The number of nitriles is 1. The first kappa shape index (κ1) is 16.6. The monoisotopic (exact) mass is 255 g/mol. The number of nitrogens with zero attached hydrogens (tertiary/aromatic N) is 3. The van der Waals surface area contributed by atoms with Gasteiger partial charge in [0.2, 0.25) is 0 Å². The zero-order valence-corrected chi connectivity index (χ0v) is 11.1. The highest BCUT2D eigenvalue weighted by Gasteiger charge is 2.07. The normalized spacial score (nSPS) is 12.8. The van der Waals surface area contributed by atoms with Crippen LogP contribution in [0.2, 0.25) is 0 Å². The summed E-state index contributed by atoms with van der Waals surface area (Å²) in [6.07, 6.45) is 10.8. The van der Waals surface area contributed by atoms with E-state index in [0.29, 0.717) is 0 Å². The van der Waals surface area contributed by atoms with Crippen molar-refractivity contribution in [3.8, 4) is 6.26 Å². The Labute approximate surface area is 109 Å². The average Bonchev–Trinajstić information content (AvgIpc) is 2.71. The maximum absolute atomic E-state index is 7.66. The van der Waals surface area contributed by atoms with Crippen LogP contribution in [-0.4, -0.2) is 47.4 Å². The van der Waals surface area contributed by atoms with Crippen LogP contribution in [0.15, 0.2) is 12.4 Å². The number of rotatable bonds is 6. The fourth-order valence-electron chi connectivity index (χ4n) is 1.52. The maximum Gasteiger partial charge on any atom is 0.717 e. The van der Waals surface area contributed by atoms with Gasteiger partial charge >= 0.3 is 7.32 Å². The van der Waals surface area contributed by atoms with E-state index in [1.165, 1.54) is 32.2 Å². The molecule has 0 atom stereocenters. The van der Waals surface area contributed by atoms with Crippen LogP contribution in [0.5, 0.6) is 0 Å². The van der Waals surface area contributed by atoms with Crippen molar-refractivity contribution < 1.29 is 14.7 Å². The van der Waals surface area contributed by atoms with E-state index in [1.54, 1.807) is 0 Å². The van der Waals surface area contributed by atoms with Gasteiger partial charge in [-0.15, -0.1) is 0 Å². The first-order valence-electron chi connectivity index (χ1n) is 6.13. The number of hydrogen-bond acceptors (Lipinski definition) is 6. The van der Waals surface area contributed by atoms with Crippen LogP contribution >= 0.6 is 0 Å². The zero-order chi connectivity index (χ0) is 13.8. The highest BCUT2D eigenvalue weighted by molar-refractivity contribution is 6.33. The molecule has 0 aromatic rings. The van der Waals surface area contributed by atoms with Gasteiger partial charge in [0.15, 0.2) is 0 Å². The van der Waals surface area contributed by atoms with E-state index in [2.05, 4.69) is 40.8 Å². The maximum atomic E-state index is 7.66. The van der Waals surface area contributed by atoms with Crippen molar-refractivity contribution in [2.75, 3.05) is 20.3 Å². The summed E-state index contributed by atoms with van der Waals surface area (Å²) in [5, 5.41) is 22.8. The lowest BCUT2D eigenvalue weighted by Crippen LogP contribution is -2.23. The molecule has 2 N–H and O–H groups in total. The number of hydrogen-bond donors (Lipinski definition) is 2. The molecule has 0 saturated carbocycles. The molecule has 1 rings (SSSR count). The smallest absolute Gasteiger partial charge is 0.442 e. The summed E-state index contributed by atoms with van der Waals surface area (Å²) in [6, 6.07) is 0. The molecule has 6 nitrogen and oxygen atoms in total. The van der Waals surface area contributed by atoms with E-state index in [9.17, 15) is 0 Å². The van der Waals surface area contributed by atoms with E-state index >= 15 is 0 Å². The van der Waals surface area contributed by atoms with Gasteiger partial charge in [0.05, 0.1) is 6.67 Å². The van der Waals surface area contributed by atoms with Crippen LogP contribution in [0.3, 0.4) is 0 Å². The molecule has 7 heteroatoms. The third-order valence-corrected chi connectivity index (χ3v) is 2.39. The minimum absolute atomic E-state index is 1.07. The fourth-order valence-corrected chi connectivity index (χ4v) is 1.52. The van der Waals surface area contributed by atoms with Crippen molar-refractivity contribution in [2.45, 2.75) is 32.6 Å². The Morgan fingerprint density at radius 1 is 1.33 bits per heavy atom. The summed E-state index contributed by atoms with van der Waals surface area (Å²) in [6.45, 7) is 4.55. The topological polar surface area (TPSA) is 80.0 Å². The predicted molar refractivity (Wildman–Crippen MR) is 69.5 cm³/mol. The Balaban J connectivity index is 0.000000411. The van der Waals surface area contributed by atoms with E-state index < -0.39 is 7.32 Å². The van der Waals surface area contributed by atoms with Crippen molar-refractivity contribution in [3.05, 3.63) is 12.4 Å². The van der Waals surface area contributed by atoms with E-state index in [-0.39, 0.29) is 0 Å². The third-order valence-electron chi connectivity index (χ3n) is 2.39. The Kier molecular flexibility index (Phi) is 9.92. The molecule has 0 unspecified atom stereocenters. The molecule has 0 amide bonds. The molecule has 0 saturated heterocycles. The van der Waals surface area contributed by atoms with Crippen molar-refractivity contribution in [1.29, 1.82) is 5.26 Å². The predicted octanol–water partition coefficient (Wildman–Crippen LogP) is 0.696. The second-order valence-electron chi connectivity index (χ2n) is 4.11. The van der Waals surface area contributed by atoms with Crippen LogP contribution in [0.25, 0.3) is 0 Å². The minimum Gasteiger partial charge on any atom is -0.442 e. The summed E-state index contributed by atoms with van der Waals surface area (Å²) in [5.41, 5.74) is 0. The first-order valence-corrected chi connectivity index (χ1v) is 6.13. The highest BCUT2D eigenvalue weighted by Crippen LogP contribution is 2.06. The molecule has 0 spiro atoms. The molecule has 1 aliphatic heterocycles. The van der Waals surface area contributed by atoms with Gasteiger partial charge in [-0.1, -0.05) is 26.2 Å². The summed E-state index contributed by atoms with van der Waals surface area (Å²) >= 11 is 0. The number of unbranched alkanes of at least 4 members (excludes halogenated alkanes) is 3. The van der Waals surface area contributed by atoms with Crippen molar-refractivity contribution in [2.24, 2.45) is 0 Å². The first-order chi connectivity index (χ1) is 8.60. The molecule has 0 aromatic carbocycles. The average molecular weight is 255 g/mol.